The van der Waals surface area contributed by atoms with Gasteiger partial charge in [-0.15, -0.1) is 0 Å². The maximum atomic E-state index is 14.2. The minimum absolute atomic E-state index is 0.0476. The average molecular weight is 677 g/mol. The van der Waals surface area contributed by atoms with Crippen molar-refractivity contribution in [2.75, 3.05) is 50.2 Å². The van der Waals surface area contributed by atoms with Crippen LogP contribution in [0.3, 0.4) is 0 Å². The predicted molar refractivity (Wildman–Crippen MR) is 171 cm³/mol. The van der Waals surface area contributed by atoms with Gasteiger partial charge >= 0.3 is 12.1 Å². The van der Waals surface area contributed by atoms with Gasteiger partial charge in [0.2, 0.25) is 0 Å². The number of ether oxygens (including phenoxy) is 2. The summed E-state index contributed by atoms with van der Waals surface area (Å²) in [4.78, 5) is 42.7. The van der Waals surface area contributed by atoms with Crippen molar-refractivity contribution in [3.05, 3.63) is 46.7 Å². The van der Waals surface area contributed by atoms with Crippen molar-refractivity contribution in [2.24, 2.45) is 5.92 Å². The Labute approximate surface area is 275 Å². The summed E-state index contributed by atoms with van der Waals surface area (Å²) >= 11 is 1.22. The number of benzene rings is 1. The maximum Gasteiger partial charge on any atom is 0.419 e. The summed E-state index contributed by atoms with van der Waals surface area (Å²) in [6, 6.07) is 4.23. The number of rotatable bonds is 12. The number of thiazole rings is 1. The number of hydrogen-bond acceptors (Lipinski definition) is 10. The van der Waals surface area contributed by atoms with E-state index in [0.29, 0.717) is 63.1 Å². The van der Waals surface area contributed by atoms with E-state index in [9.17, 15) is 27.9 Å². The number of carboxylic acid groups (broad SMARTS) is 1. The Bertz CT molecular complexity index is 1530. The number of anilines is 2. The normalized spacial score (nSPS) is 17.9. The quantitative estimate of drug-likeness (QED) is 0.222. The first-order valence-electron chi connectivity index (χ1n) is 15.7. The van der Waals surface area contributed by atoms with Crippen LogP contribution in [0.1, 0.15) is 66.4 Å². The first-order chi connectivity index (χ1) is 22.5. The molecule has 1 aromatic carbocycles. The summed E-state index contributed by atoms with van der Waals surface area (Å²) in [5.74, 6) is -1.45. The molecule has 0 bridgehead atoms. The average Bonchev–Trinajstić information content (AvgIpc) is 3.45. The lowest BCUT2D eigenvalue weighted by Gasteiger charge is -2.33. The molecule has 0 aliphatic carbocycles. The third-order valence-electron chi connectivity index (χ3n) is 8.55. The van der Waals surface area contributed by atoms with Crippen LogP contribution in [0.2, 0.25) is 0 Å². The van der Waals surface area contributed by atoms with Gasteiger partial charge in [0.25, 0.3) is 5.91 Å². The van der Waals surface area contributed by atoms with E-state index in [-0.39, 0.29) is 34.7 Å². The maximum absolute atomic E-state index is 14.2. The lowest BCUT2D eigenvalue weighted by Crippen LogP contribution is -2.36. The molecule has 1 unspecified atom stereocenters. The molecule has 2 aliphatic heterocycles. The Balaban J connectivity index is 1.37. The third-order valence-corrected chi connectivity index (χ3v) is 9.51. The third kappa shape index (κ3) is 8.76. The number of aromatic nitrogens is 3. The zero-order chi connectivity index (χ0) is 33.6. The summed E-state index contributed by atoms with van der Waals surface area (Å²) in [7, 11) is 1.52. The zero-order valence-electron chi connectivity index (χ0n) is 26.4. The molecule has 1 atom stereocenters. The van der Waals surface area contributed by atoms with E-state index >= 15 is 0 Å². The van der Waals surface area contributed by atoms with E-state index in [2.05, 4.69) is 32.1 Å². The fraction of sp³-hybridized carbons (Fsp3) is 0.531. The van der Waals surface area contributed by atoms with Gasteiger partial charge in [0.05, 0.1) is 36.2 Å². The molecule has 3 aromatic rings. The number of hydrogen-bond donors (Lipinski definition) is 2. The van der Waals surface area contributed by atoms with Crippen LogP contribution >= 0.6 is 11.3 Å². The Morgan fingerprint density at radius 2 is 1.87 bits per heavy atom. The van der Waals surface area contributed by atoms with Crippen molar-refractivity contribution in [1.29, 1.82) is 0 Å². The Morgan fingerprint density at radius 3 is 2.53 bits per heavy atom. The van der Waals surface area contributed by atoms with Gasteiger partial charge < -0.3 is 19.5 Å². The number of methoxy groups -OCH3 is 1. The molecule has 2 aromatic heterocycles. The molecular formula is C32H39F3N6O5S. The number of alkyl halides is 3. The highest BCUT2D eigenvalue weighted by Crippen LogP contribution is 2.41. The Kier molecular flexibility index (Phi) is 11.3. The fourth-order valence-electron chi connectivity index (χ4n) is 5.84. The first-order valence-corrected chi connectivity index (χ1v) is 16.5. The number of carbonyl (C=O) groups is 2. The summed E-state index contributed by atoms with van der Waals surface area (Å²) < 4.78 is 53.0. The monoisotopic (exact) mass is 676 g/mol. The van der Waals surface area contributed by atoms with Gasteiger partial charge in [-0.05, 0) is 57.4 Å². The van der Waals surface area contributed by atoms with Crippen molar-refractivity contribution in [1.82, 2.24) is 19.9 Å². The largest absolute Gasteiger partial charge is 0.493 e. The molecule has 47 heavy (non-hydrogen) atoms. The highest BCUT2D eigenvalue weighted by atomic mass is 32.1. The summed E-state index contributed by atoms with van der Waals surface area (Å²) in [5.41, 5.74) is -0.211. The molecule has 2 fully saturated rings. The van der Waals surface area contributed by atoms with Crippen LogP contribution < -0.4 is 15.0 Å². The number of carbonyl (C=O) groups excluding carboxylic acids is 1. The number of likely N-dealkylation sites (tertiary alicyclic amines) is 1. The van der Waals surface area contributed by atoms with Gasteiger partial charge in [-0.25, -0.2) is 15.0 Å². The topological polar surface area (TPSA) is 130 Å². The van der Waals surface area contributed by atoms with Gasteiger partial charge in [-0.2, -0.15) is 13.2 Å². The Morgan fingerprint density at radius 1 is 1.09 bits per heavy atom. The second kappa shape index (κ2) is 15.4. The van der Waals surface area contributed by atoms with E-state index in [1.54, 1.807) is 6.07 Å². The summed E-state index contributed by atoms with van der Waals surface area (Å²) in [6.07, 6.45) is 2.79. The van der Waals surface area contributed by atoms with Gasteiger partial charge in [0.15, 0.2) is 5.13 Å². The zero-order valence-corrected chi connectivity index (χ0v) is 27.2. The van der Waals surface area contributed by atoms with Crippen LogP contribution in [0.4, 0.5) is 24.1 Å². The highest BCUT2D eigenvalue weighted by molar-refractivity contribution is 7.16. The van der Waals surface area contributed by atoms with Gasteiger partial charge in [0, 0.05) is 56.3 Å². The number of halogens is 3. The molecule has 254 valence electrons. The van der Waals surface area contributed by atoms with Crippen LogP contribution in [0.5, 0.6) is 5.75 Å². The van der Waals surface area contributed by atoms with Crippen LogP contribution in [0.15, 0.2) is 30.6 Å². The second-order valence-electron chi connectivity index (χ2n) is 11.8. The summed E-state index contributed by atoms with van der Waals surface area (Å²) in [5, 5.41) is 12.2. The molecule has 15 heteroatoms. The van der Waals surface area contributed by atoms with Crippen LogP contribution in [-0.4, -0.2) is 82.8 Å². The lowest BCUT2D eigenvalue weighted by atomic mass is 9.97. The van der Waals surface area contributed by atoms with Crippen LogP contribution in [-0.2, 0) is 22.3 Å². The summed E-state index contributed by atoms with van der Waals surface area (Å²) in [6.45, 7) is 4.97. The van der Waals surface area contributed by atoms with Crippen LogP contribution in [0.25, 0.3) is 11.3 Å². The van der Waals surface area contributed by atoms with Crippen molar-refractivity contribution >= 4 is 34.2 Å². The number of nitrogens with one attached hydrogen (secondary N) is 1. The van der Waals surface area contributed by atoms with Gasteiger partial charge in [-0.3, -0.25) is 19.8 Å². The molecule has 5 rings (SSSR count). The predicted octanol–water partition coefficient (Wildman–Crippen LogP) is 5.96. The molecular weight excluding hydrogens is 637 g/mol. The Hall–Kier alpha value is -3.82. The van der Waals surface area contributed by atoms with E-state index in [1.807, 2.05) is 4.90 Å². The van der Waals surface area contributed by atoms with E-state index < -0.39 is 23.6 Å². The highest BCUT2D eigenvalue weighted by Gasteiger charge is 2.35. The minimum atomic E-state index is -4.65. The van der Waals surface area contributed by atoms with Crippen molar-refractivity contribution < 1.29 is 37.3 Å². The van der Waals surface area contributed by atoms with Crippen molar-refractivity contribution in [3.8, 4) is 17.0 Å². The first kappa shape index (κ1) is 34.5. The molecule has 2 saturated heterocycles. The van der Waals surface area contributed by atoms with Crippen molar-refractivity contribution in [3.63, 3.8) is 0 Å². The van der Waals surface area contributed by atoms with Crippen molar-refractivity contribution in [2.45, 2.75) is 64.2 Å². The van der Waals surface area contributed by atoms with E-state index in [1.165, 1.54) is 36.9 Å². The number of amides is 1. The molecule has 11 nitrogen and oxygen atoms in total. The molecule has 2 aliphatic rings. The smallest absolute Gasteiger partial charge is 0.419 e. The minimum Gasteiger partial charge on any atom is -0.493 e. The lowest BCUT2D eigenvalue weighted by molar-refractivity contribution is -0.142. The SMILES string of the molecule is COCCCOc1ccc(-c2nc(NC(=O)c3cnc(N4CCC(C(=O)O)CC4)cn3)sc2CN2CCCCC2C)cc1C(F)(F)F. The molecule has 0 spiro atoms. The molecule has 0 radical (unpaired) electrons. The number of carboxylic acids is 1. The second-order valence-corrected chi connectivity index (χ2v) is 12.9. The molecule has 0 saturated carbocycles. The molecule has 4 heterocycles. The number of aliphatic carboxylic acids is 1. The number of piperidine rings is 2. The van der Waals surface area contributed by atoms with Gasteiger partial charge in [-0.1, -0.05) is 17.8 Å². The number of nitrogens with zero attached hydrogens (tertiary/aromatic N) is 5. The van der Waals surface area contributed by atoms with E-state index in [0.717, 1.165) is 36.8 Å². The molecule has 2 N–H and O–H groups in total. The fourth-order valence-corrected chi connectivity index (χ4v) is 6.85. The van der Waals surface area contributed by atoms with Gasteiger partial charge in [0.1, 0.15) is 17.3 Å². The molecule has 1 amide bonds. The van der Waals surface area contributed by atoms with E-state index in [4.69, 9.17) is 9.47 Å². The standard InChI is InChI=1S/C32H39F3N6O5S/c1-20-6-3-4-11-41(20)19-26-28(22-7-8-25(46-15-5-14-45-2)23(16-22)32(33,34)35)38-31(47-26)39-29(42)24-17-37-27(18-36-24)40-12-9-21(10-13-40)30(43)44/h7-8,16-18,20-21H,3-6,9-15,19H2,1-2H3,(H,43,44)(H,38,39,42). The van der Waals surface area contributed by atoms with Crippen LogP contribution in [0, 0.1) is 5.92 Å².